The van der Waals surface area contributed by atoms with Gasteiger partial charge in [0.2, 0.25) is 5.91 Å². The first-order valence-corrected chi connectivity index (χ1v) is 10.5. The lowest BCUT2D eigenvalue weighted by Gasteiger charge is -2.40. The standard InChI is InChI=1S/C25H29N3O/c1-17(22-13-6-9-19-8-3-4-12-23(19)22)28(18(2)24-14-7-15-27-24)21-11-5-10-20(16-21)25(26)29/h3-6,8-13,16-18,24,27H,7,14-15H2,1-2H3,(H2,26,29)/t17-,18?,24+/m1/s1. The van der Waals surface area contributed by atoms with E-state index < -0.39 is 5.91 Å². The first kappa shape index (κ1) is 19.5. The van der Waals surface area contributed by atoms with Gasteiger partial charge in [0.15, 0.2) is 0 Å². The Morgan fingerprint density at radius 3 is 2.59 bits per heavy atom. The fraction of sp³-hybridized carbons (Fsp3) is 0.320. The topological polar surface area (TPSA) is 58.4 Å². The number of nitrogens with zero attached hydrogens (tertiary/aromatic N) is 1. The van der Waals surface area contributed by atoms with Crippen molar-refractivity contribution in [2.45, 2.75) is 44.8 Å². The van der Waals surface area contributed by atoms with E-state index in [1.165, 1.54) is 22.8 Å². The number of nitrogens with two attached hydrogens (primary N) is 1. The SMILES string of the molecule is CC([C@@H]1CCCN1)N(c1cccc(C(N)=O)c1)[C@H](C)c1cccc2ccccc12. The van der Waals surface area contributed by atoms with Gasteiger partial charge in [0.05, 0.1) is 6.04 Å². The molecular formula is C25H29N3O. The predicted octanol–water partition coefficient (Wildman–Crippen LogP) is 4.65. The Hall–Kier alpha value is -2.85. The molecule has 0 spiro atoms. The number of hydrogen-bond acceptors (Lipinski definition) is 3. The Morgan fingerprint density at radius 1 is 1.07 bits per heavy atom. The summed E-state index contributed by atoms with van der Waals surface area (Å²) in [5.74, 6) is -0.392. The largest absolute Gasteiger partial charge is 0.366 e. The fourth-order valence-electron chi connectivity index (χ4n) is 4.71. The molecule has 0 bridgehead atoms. The molecule has 1 unspecified atom stereocenters. The number of carbonyl (C=O) groups is 1. The molecule has 1 aliphatic heterocycles. The van der Waals surface area contributed by atoms with Gasteiger partial charge in [-0.05, 0) is 67.8 Å². The van der Waals surface area contributed by atoms with Crippen molar-refractivity contribution in [3.63, 3.8) is 0 Å². The second kappa shape index (κ2) is 8.26. The average molecular weight is 388 g/mol. The van der Waals surface area contributed by atoms with Gasteiger partial charge in [0.25, 0.3) is 0 Å². The molecule has 0 saturated carbocycles. The van der Waals surface area contributed by atoms with Crippen LogP contribution in [0.5, 0.6) is 0 Å². The summed E-state index contributed by atoms with van der Waals surface area (Å²) in [6, 6.07) is 23.6. The number of hydrogen-bond donors (Lipinski definition) is 2. The molecule has 150 valence electrons. The van der Waals surface area contributed by atoms with Crippen LogP contribution in [0.25, 0.3) is 10.8 Å². The number of anilines is 1. The molecule has 0 radical (unpaired) electrons. The lowest BCUT2D eigenvalue weighted by Crippen LogP contribution is -2.47. The average Bonchev–Trinajstić information content (AvgIpc) is 3.28. The summed E-state index contributed by atoms with van der Waals surface area (Å²) in [4.78, 5) is 14.2. The first-order valence-electron chi connectivity index (χ1n) is 10.5. The molecule has 0 aromatic heterocycles. The van der Waals surface area contributed by atoms with Crippen molar-refractivity contribution in [3.8, 4) is 0 Å². The molecule has 1 aliphatic rings. The normalized spacial score (nSPS) is 18.5. The Kier molecular flexibility index (Phi) is 5.54. The number of rotatable bonds is 6. The molecule has 3 aromatic carbocycles. The maximum absolute atomic E-state index is 11.8. The molecule has 3 atom stereocenters. The summed E-state index contributed by atoms with van der Waals surface area (Å²) < 4.78 is 0. The van der Waals surface area contributed by atoms with E-state index in [0.29, 0.717) is 11.6 Å². The Morgan fingerprint density at radius 2 is 1.83 bits per heavy atom. The first-order chi connectivity index (χ1) is 14.1. The maximum atomic E-state index is 11.8. The van der Waals surface area contributed by atoms with E-state index >= 15 is 0 Å². The van der Waals surface area contributed by atoms with Gasteiger partial charge in [-0.2, -0.15) is 0 Å². The lowest BCUT2D eigenvalue weighted by molar-refractivity contribution is 0.100. The van der Waals surface area contributed by atoms with Crippen LogP contribution in [0.3, 0.4) is 0 Å². The Balaban J connectivity index is 1.81. The van der Waals surface area contributed by atoms with Crippen molar-refractivity contribution in [1.29, 1.82) is 0 Å². The van der Waals surface area contributed by atoms with Crippen molar-refractivity contribution >= 4 is 22.4 Å². The third-order valence-corrected chi connectivity index (χ3v) is 6.24. The molecule has 4 rings (SSSR count). The van der Waals surface area contributed by atoms with Gasteiger partial charge in [-0.3, -0.25) is 4.79 Å². The fourth-order valence-corrected chi connectivity index (χ4v) is 4.71. The second-order valence-electron chi connectivity index (χ2n) is 8.01. The zero-order chi connectivity index (χ0) is 20.4. The highest BCUT2D eigenvalue weighted by Gasteiger charge is 2.30. The van der Waals surface area contributed by atoms with Crippen LogP contribution in [0.15, 0.2) is 66.7 Å². The highest BCUT2D eigenvalue weighted by atomic mass is 16.1. The van der Waals surface area contributed by atoms with Gasteiger partial charge >= 0.3 is 0 Å². The summed E-state index contributed by atoms with van der Waals surface area (Å²) >= 11 is 0. The molecular weight excluding hydrogens is 358 g/mol. The van der Waals surface area contributed by atoms with Crippen molar-refractivity contribution in [2.75, 3.05) is 11.4 Å². The van der Waals surface area contributed by atoms with E-state index in [4.69, 9.17) is 5.73 Å². The van der Waals surface area contributed by atoms with Gasteiger partial charge in [-0.15, -0.1) is 0 Å². The summed E-state index contributed by atoms with van der Waals surface area (Å²) in [5, 5.41) is 6.17. The second-order valence-corrected chi connectivity index (χ2v) is 8.01. The van der Waals surface area contributed by atoms with Crippen LogP contribution < -0.4 is 16.0 Å². The van der Waals surface area contributed by atoms with Crippen molar-refractivity contribution in [2.24, 2.45) is 5.73 Å². The molecule has 1 fully saturated rings. The van der Waals surface area contributed by atoms with Crippen molar-refractivity contribution < 1.29 is 4.79 Å². The number of fused-ring (bicyclic) bond motifs is 1. The summed E-state index contributed by atoms with van der Waals surface area (Å²) in [5.41, 5.74) is 8.44. The number of nitrogens with one attached hydrogen (secondary N) is 1. The Bertz CT molecular complexity index is 1000. The Labute approximate surface area is 172 Å². The number of benzene rings is 3. The molecule has 3 N–H and O–H groups in total. The number of carbonyl (C=O) groups excluding carboxylic acids is 1. The summed E-state index contributed by atoms with van der Waals surface area (Å²) in [7, 11) is 0. The van der Waals surface area contributed by atoms with Crippen molar-refractivity contribution in [1.82, 2.24) is 5.32 Å². The van der Waals surface area contributed by atoms with E-state index in [1.54, 1.807) is 6.07 Å². The summed E-state index contributed by atoms with van der Waals surface area (Å²) in [6.45, 7) is 5.60. The van der Waals surface area contributed by atoms with Gasteiger partial charge in [-0.25, -0.2) is 0 Å². The maximum Gasteiger partial charge on any atom is 0.248 e. The zero-order valence-corrected chi connectivity index (χ0v) is 17.1. The minimum Gasteiger partial charge on any atom is -0.366 e. The van der Waals surface area contributed by atoms with Crippen molar-refractivity contribution in [3.05, 3.63) is 77.9 Å². The lowest BCUT2D eigenvalue weighted by atomic mass is 9.95. The molecule has 3 aromatic rings. The van der Waals surface area contributed by atoms with Crippen LogP contribution in [0, 0.1) is 0 Å². The van der Waals surface area contributed by atoms with Crippen LogP contribution >= 0.6 is 0 Å². The third kappa shape index (κ3) is 3.85. The number of amides is 1. The van der Waals surface area contributed by atoms with Gasteiger partial charge in [0.1, 0.15) is 0 Å². The highest BCUT2D eigenvalue weighted by molar-refractivity contribution is 5.94. The smallest absolute Gasteiger partial charge is 0.248 e. The van der Waals surface area contributed by atoms with E-state index in [0.717, 1.165) is 18.7 Å². The monoisotopic (exact) mass is 387 g/mol. The molecule has 4 heteroatoms. The zero-order valence-electron chi connectivity index (χ0n) is 17.1. The van der Waals surface area contributed by atoms with Crippen LogP contribution in [-0.2, 0) is 0 Å². The van der Waals surface area contributed by atoms with E-state index in [9.17, 15) is 4.79 Å². The van der Waals surface area contributed by atoms with Crippen LogP contribution in [0.2, 0.25) is 0 Å². The van der Waals surface area contributed by atoms with E-state index in [1.807, 2.05) is 12.1 Å². The van der Waals surface area contributed by atoms with Gasteiger partial charge < -0.3 is 16.0 Å². The van der Waals surface area contributed by atoms with Gasteiger partial charge in [-0.1, -0.05) is 48.5 Å². The molecule has 0 aliphatic carbocycles. The highest BCUT2D eigenvalue weighted by Crippen LogP contribution is 2.35. The number of primary amides is 1. The molecule has 4 nitrogen and oxygen atoms in total. The predicted molar refractivity (Wildman–Crippen MR) is 120 cm³/mol. The minimum absolute atomic E-state index is 0.140. The van der Waals surface area contributed by atoms with Crippen LogP contribution in [-0.4, -0.2) is 24.5 Å². The van der Waals surface area contributed by atoms with E-state index in [-0.39, 0.29) is 12.1 Å². The molecule has 1 heterocycles. The quantitative estimate of drug-likeness (QED) is 0.647. The van der Waals surface area contributed by atoms with Gasteiger partial charge in [0, 0.05) is 23.3 Å². The summed E-state index contributed by atoms with van der Waals surface area (Å²) in [6.07, 6.45) is 2.36. The van der Waals surface area contributed by atoms with Crippen LogP contribution in [0.1, 0.15) is 48.7 Å². The third-order valence-electron chi connectivity index (χ3n) is 6.24. The minimum atomic E-state index is -0.392. The molecule has 1 amide bonds. The van der Waals surface area contributed by atoms with Crippen LogP contribution in [0.4, 0.5) is 5.69 Å². The molecule has 1 saturated heterocycles. The van der Waals surface area contributed by atoms with E-state index in [2.05, 4.69) is 72.6 Å². The molecule has 29 heavy (non-hydrogen) atoms.